The highest BCUT2D eigenvalue weighted by atomic mass is 35.5. The SMILES string of the molecule is CC(=O)c1ccc(OC(=O)COc2cc(Cl)c(Cl)cc2Cl)cc1. The second-order valence-electron chi connectivity index (χ2n) is 4.54. The zero-order valence-corrected chi connectivity index (χ0v) is 14.2. The van der Waals surface area contributed by atoms with E-state index < -0.39 is 5.97 Å². The van der Waals surface area contributed by atoms with Gasteiger partial charge in [-0.25, -0.2) is 4.79 Å². The van der Waals surface area contributed by atoms with Crippen LogP contribution < -0.4 is 9.47 Å². The molecule has 0 fully saturated rings. The van der Waals surface area contributed by atoms with E-state index in [0.717, 1.165) is 0 Å². The van der Waals surface area contributed by atoms with Crippen LogP contribution in [0.15, 0.2) is 36.4 Å². The van der Waals surface area contributed by atoms with Crippen molar-refractivity contribution < 1.29 is 19.1 Å². The molecule has 0 saturated heterocycles. The number of hydrogen-bond acceptors (Lipinski definition) is 4. The van der Waals surface area contributed by atoms with E-state index in [1.54, 1.807) is 12.1 Å². The molecule has 0 aliphatic heterocycles. The van der Waals surface area contributed by atoms with Crippen molar-refractivity contribution in [3.8, 4) is 11.5 Å². The summed E-state index contributed by atoms with van der Waals surface area (Å²) in [7, 11) is 0. The molecule has 0 atom stereocenters. The van der Waals surface area contributed by atoms with E-state index in [4.69, 9.17) is 44.3 Å². The van der Waals surface area contributed by atoms with Crippen molar-refractivity contribution in [2.45, 2.75) is 6.92 Å². The number of benzene rings is 2. The van der Waals surface area contributed by atoms with Gasteiger partial charge in [-0.2, -0.15) is 0 Å². The largest absolute Gasteiger partial charge is 0.480 e. The summed E-state index contributed by atoms with van der Waals surface area (Å²) >= 11 is 17.6. The minimum absolute atomic E-state index is 0.0690. The molecule has 2 aromatic carbocycles. The molecule has 4 nitrogen and oxygen atoms in total. The van der Waals surface area contributed by atoms with Crippen LogP contribution in [0.2, 0.25) is 15.1 Å². The van der Waals surface area contributed by atoms with E-state index in [0.29, 0.717) is 11.3 Å². The maximum Gasteiger partial charge on any atom is 0.349 e. The average molecular weight is 374 g/mol. The van der Waals surface area contributed by atoms with Crippen LogP contribution in [-0.4, -0.2) is 18.4 Å². The van der Waals surface area contributed by atoms with Gasteiger partial charge in [-0.15, -0.1) is 0 Å². The van der Waals surface area contributed by atoms with Crippen LogP contribution in [0.5, 0.6) is 11.5 Å². The van der Waals surface area contributed by atoms with Gasteiger partial charge < -0.3 is 9.47 Å². The third-order valence-corrected chi connectivity index (χ3v) is 3.83. The number of esters is 1. The second-order valence-corrected chi connectivity index (χ2v) is 5.76. The molecule has 7 heteroatoms. The molecular weight excluding hydrogens is 363 g/mol. The summed E-state index contributed by atoms with van der Waals surface area (Å²) in [6.07, 6.45) is 0. The van der Waals surface area contributed by atoms with Gasteiger partial charge in [0.2, 0.25) is 0 Å². The Morgan fingerprint density at radius 3 is 2.17 bits per heavy atom. The zero-order valence-electron chi connectivity index (χ0n) is 11.9. The Morgan fingerprint density at radius 1 is 0.957 bits per heavy atom. The van der Waals surface area contributed by atoms with Gasteiger partial charge in [0, 0.05) is 11.6 Å². The van der Waals surface area contributed by atoms with Gasteiger partial charge in [0.15, 0.2) is 12.4 Å². The molecule has 0 radical (unpaired) electrons. The number of ketones is 1. The van der Waals surface area contributed by atoms with Gasteiger partial charge in [0.05, 0.1) is 15.1 Å². The van der Waals surface area contributed by atoms with Crippen molar-refractivity contribution >= 4 is 46.6 Å². The molecule has 0 aliphatic rings. The zero-order chi connectivity index (χ0) is 17.0. The topological polar surface area (TPSA) is 52.6 Å². The van der Waals surface area contributed by atoms with Gasteiger partial charge in [-0.1, -0.05) is 34.8 Å². The highest BCUT2D eigenvalue weighted by Gasteiger charge is 2.11. The molecule has 0 heterocycles. The molecule has 0 bridgehead atoms. The quantitative estimate of drug-likeness (QED) is 0.326. The number of Topliss-reactive ketones (excluding diaryl/α,β-unsaturated/α-hetero) is 1. The number of ether oxygens (including phenoxy) is 2. The van der Waals surface area contributed by atoms with Crippen LogP contribution in [0.25, 0.3) is 0 Å². The lowest BCUT2D eigenvalue weighted by Crippen LogP contribution is -2.17. The molecule has 0 aliphatic carbocycles. The van der Waals surface area contributed by atoms with E-state index in [2.05, 4.69) is 0 Å². The van der Waals surface area contributed by atoms with Gasteiger partial charge in [0.25, 0.3) is 0 Å². The Balaban J connectivity index is 1.95. The summed E-state index contributed by atoms with van der Waals surface area (Å²) in [6, 6.07) is 9.04. The monoisotopic (exact) mass is 372 g/mol. The fraction of sp³-hybridized carbons (Fsp3) is 0.125. The van der Waals surface area contributed by atoms with E-state index >= 15 is 0 Å². The van der Waals surface area contributed by atoms with Crippen molar-refractivity contribution in [2.75, 3.05) is 6.61 Å². The molecule has 2 aromatic rings. The minimum atomic E-state index is -0.622. The third kappa shape index (κ3) is 4.86. The van der Waals surface area contributed by atoms with E-state index in [-0.39, 0.29) is 33.2 Å². The molecule has 0 amide bonds. The van der Waals surface area contributed by atoms with Crippen molar-refractivity contribution in [2.24, 2.45) is 0 Å². The van der Waals surface area contributed by atoms with Crippen molar-refractivity contribution in [1.29, 1.82) is 0 Å². The van der Waals surface area contributed by atoms with Gasteiger partial charge in [-0.05, 0) is 37.3 Å². The van der Waals surface area contributed by atoms with Crippen molar-refractivity contribution in [1.82, 2.24) is 0 Å². The van der Waals surface area contributed by atoms with Crippen LogP contribution in [0.3, 0.4) is 0 Å². The molecule has 0 spiro atoms. The Hall–Kier alpha value is -1.75. The number of halogens is 3. The van der Waals surface area contributed by atoms with Gasteiger partial charge >= 0.3 is 5.97 Å². The number of hydrogen-bond donors (Lipinski definition) is 0. The van der Waals surface area contributed by atoms with Crippen LogP contribution in [0.4, 0.5) is 0 Å². The predicted octanol–water partition coefficient (Wildman–Crippen LogP) is 4.83. The first-order valence-corrected chi connectivity index (χ1v) is 7.59. The molecule has 0 saturated carbocycles. The van der Waals surface area contributed by atoms with Crippen molar-refractivity contribution in [3.05, 3.63) is 57.0 Å². The first-order valence-electron chi connectivity index (χ1n) is 6.46. The summed E-state index contributed by atoms with van der Waals surface area (Å²) in [5.74, 6) is -0.156. The Bertz CT molecular complexity index is 742. The lowest BCUT2D eigenvalue weighted by molar-refractivity contribution is -0.136. The highest BCUT2D eigenvalue weighted by Crippen LogP contribution is 2.33. The summed E-state index contributed by atoms with van der Waals surface area (Å²) in [4.78, 5) is 22.9. The lowest BCUT2D eigenvalue weighted by Gasteiger charge is -2.09. The first-order chi connectivity index (χ1) is 10.9. The van der Waals surface area contributed by atoms with Gasteiger partial charge in [-0.3, -0.25) is 4.79 Å². The summed E-state index contributed by atoms with van der Waals surface area (Å²) < 4.78 is 10.4. The standard InChI is InChI=1S/C16H11Cl3O4/c1-9(20)10-2-4-11(5-3-10)23-16(21)8-22-15-7-13(18)12(17)6-14(15)19/h2-7H,8H2,1H3. The van der Waals surface area contributed by atoms with Crippen molar-refractivity contribution in [3.63, 3.8) is 0 Å². The Kier molecular flexibility index (Phi) is 5.88. The summed E-state index contributed by atoms with van der Waals surface area (Å²) in [5.41, 5.74) is 0.531. The molecule has 0 aromatic heterocycles. The second kappa shape index (κ2) is 7.68. The van der Waals surface area contributed by atoms with Crippen LogP contribution in [0, 0.1) is 0 Å². The molecule has 0 unspecified atom stereocenters. The molecular formula is C16H11Cl3O4. The normalized spacial score (nSPS) is 10.3. The molecule has 2 rings (SSSR count). The predicted molar refractivity (Wildman–Crippen MR) is 89.0 cm³/mol. The highest BCUT2D eigenvalue weighted by molar-refractivity contribution is 6.43. The molecule has 120 valence electrons. The Morgan fingerprint density at radius 2 is 1.57 bits per heavy atom. The molecule has 23 heavy (non-hydrogen) atoms. The van der Waals surface area contributed by atoms with Gasteiger partial charge in [0.1, 0.15) is 11.5 Å². The van der Waals surface area contributed by atoms with Crippen LogP contribution >= 0.6 is 34.8 Å². The number of rotatable bonds is 5. The minimum Gasteiger partial charge on any atom is -0.480 e. The molecule has 0 N–H and O–H groups in total. The third-order valence-electron chi connectivity index (χ3n) is 2.81. The number of carbonyl (C=O) groups excluding carboxylic acids is 2. The fourth-order valence-electron chi connectivity index (χ4n) is 1.67. The maximum atomic E-state index is 11.8. The van der Waals surface area contributed by atoms with Crippen LogP contribution in [-0.2, 0) is 4.79 Å². The first kappa shape index (κ1) is 17.6. The lowest BCUT2D eigenvalue weighted by atomic mass is 10.1. The Labute approximate surface area is 147 Å². The van der Waals surface area contributed by atoms with E-state index in [1.807, 2.05) is 0 Å². The van der Waals surface area contributed by atoms with Crippen LogP contribution in [0.1, 0.15) is 17.3 Å². The maximum absolute atomic E-state index is 11.8. The van der Waals surface area contributed by atoms with E-state index in [9.17, 15) is 9.59 Å². The average Bonchev–Trinajstić information content (AvgIpc) is 2.50. The smallest absolute Gasteiger partial charge is 0.349 e. The fourth-order valence-corrected chi connectivity index (χ4v) is 2.26. The summed E-state index contributed by atoms with van der Waals surface area (Å²) in [5, 5.41) is 0.787. The number of carbonyl (C=O) groups is 2. The summed E-state index contributed by atoms with van der Waals surface area (Å²) in [6.45, 7) is 1.10. The van der Waals surface area contributed by atoms with E-state index in [1.165, 1.54) is 31.2 Å².